The van der Waals surface area contributed by atoms with Gasteiger partial charge in [0.25, 0.3) is 0 Å². The van der Waals surface area contributed by atoms with Crippen LogP contribution in [0.1, 0.15) is 23.1 Å². The molecule has 1 aliphatic rings. The van der Waals surface area contributed by atoms with E-state index in [1.54, 1.807) is 6.07 Å². The van der Waals surface area contributed by atoms with Gasteiger partial charge in [-0.15, -0.1) is 0 Å². The third-order valence-electron chi connectivity index (χ3n) is 3.91. The molecule has 98 valence electrons. The number of fused-ring (bicyclic) bond motifs is 1. The first-order chi connectivity index (χ1) is 9.08. The van der Waals surface area contributed by atoms with Crippen molar-refractivity contribution in [1.29, 1.82) is 0 Å². The van der Waals surface area contributed by atoms with Gasteiger partial charge in [-0.2, -0.15) is 0 Å². The SMILES string of the molecule is NC1(Cc2ccccc2Cl)CCc2cc(F)ccc21. The Morgan fingerprint density at radius 1 is 1.21 bits per heavy atom. The molecule has 2 aromatic carbocycles. The summed E-state index contributed by atoms with van der Waals surface area (Å²) in [5, 5.41) is 0.739. The Kier molecular flexibility index (Phi) is 3.08. The van der Waals surface area contributed by atoms with Gasteiger partial charge in [0.1, 0.15) is 5.82 Å². The standard InChI is InChI=1S/C16H15ClFN/c17-15-4-2-1-3-12(15)10-16(19)8-7-11-9-13(18)5-6-14(11)16/h1-6,9H,7-8,10,19H2. The number of benzene rings is 2. The first-order valence-corrected chi connectivity index (χ1v) is 6.77. The fourth-order valence-corrected chi connectivity index (χ4v) is 3.12. The van der Waals surface area contributed by atoms with Crippen LogP contribution in [0, 0.1) is 5.82 Å². The summed E-state index contributed by atoms with van der Waals surface area (Å²) in [6.07, 6.45) is 2.34. The molecule has 0 spiro atoms. The fraction of sp³-hybridized carbons (Fsp3) is 0.250. The molecule has 3 heteroatoms. The van der Waals surface area contributed by atoms with E-state index in [-0.39, 0.29) is 5.82 Å². The molecule has 0 aromatic heterocycles. The van der Waals surface area contributed by atoms with Crippen LogP contribution in [-0.2, 0) is 18.4 Å². The van der Waals surface area contributed by atoms with Crippen molar-refractivity contribution in [3.05, 3.63) is 70.0 Å². The lowest BCUT2D eigenvalue weighted by molar-refractivity contribution is 0.439. The molecular formula is C16H15ClFN. The fourth-order valence-electron chi connectivity index (χ4n) is 2.91. The van der Waals surface area contributed by atoms with Gasteiger partial charge in [0.05, 0.1) is 0 Å². The van der Waals surface area contributed by atoms with Crippen LogP contribution >= 0.6 is 11.6 Å². The lowest BCUT2D eigenvalue weighted by Gasteiger charge is -2.26. The van der Waals surface area contributed by atoms with E-state index in [0.717, 1.165) is 34.6 Å². The molecule has 1 nitrogen and oxygen atoms in total. The summed E-state index contributed by atoms with van der Waals surface area (Å²) < 4.78 is 13.2. The molecule has 19 heavy (non-hydrogen) atoms. The first-order valence-electron chi connectivity index (χ1n) is 6.40. The molecule has 0 amide bonds. The molecule has 2 N–H and O–H groups in total. The summed E-state index contributed by atoms with van der Waals surface area (Å²) in [4.78, 5) is 0. The Hall–Kier alpha value is -1.38. The smallest absolute Gasteiger partial charge is 0.123 e. The van der Waals surface area contributed by atoms with Crippen molar-refractivity contribution < 1.29 is 4.39 Å². The average Bonchev–Trinajstić information content (AvgIpc) is 2.70. The van der Waals surface area contributed by atoms with Crippen LogP contribution in [0.4, 0.5) is 4.39 Å². The molecule has 0 fully saturated rings. The molecule has 0 heterocycles. The van der Waals surface area contributed by atoms with Gasteiger partial charge in [-0.05, 0) is 54.2 Å². The number of rotatable bonds is 2. The van der Waals surface area contributed by atoms with Crippen LogP contribution in [0.15, 0.2) is 42.5 Å². The number of nitrogens with two attached hydrogens (primary N) is 1. The molecule has 3 rings (SSSR count). The molecule has 2 aromatic rings. The topological polar surface area (TPSA) is 26.0 Å². The summed E-state index contributed by atoms with van der Waals surface area (Å²) in [5.41, 5.74) is 9.22. The van der Waals surface area contributed by atoms with Crippen LogP contribution in [0.2, 0.25) is 5.02 Å². The molecule has 1 unspecified atom stereocenters. The highest BCUT2D eigenvalue weighted by molar-refractivity contribution is 6.31. The molecule has 1 aliphatic carbocycles. The zero-order chi connectivity index (χ0) is 13.5. The maximum absolute atomic E-state index is 13.2. The number of hydrogen-bond donors (Lipinski definition) is 1. The van der Waals surface area contributed by atoms with Gasteiger partial charge in [0.2, 0.25) is 0 Å². The van der Waals surface area contributed by atoms with Gasteiger partial charge in [-0.25, -0.2) is 4.39 Å². The largest absolute Gasteiger partial charge is 0.321 e. The van der Waals surface area contributed by atoms with E-state index in [1.807, 2.05) is 30.3 Å². The highest BCUT2D eigenvalue weighted by Gasteiger charge is 2.35. The lowest BCUT2D eigenvalue weighted by Crippen LogP contribution is -2.36. The van der Waals surface area contributed by atoms with Crippen LogP contribution < -0.4 is 5.73 Å². The second-order valence-electron chi connectivity index (χ2n) is 5.23. The Bertz CT molecular complexity index is 626. The van der Waals surface area contributed by atoms with Crippen LogP contribution in [0.3, 0.4) is 0 Å². The van der Waals surface area contributed by atoms with E-state index in [1.165, 1.54) is 6.07 Å². The van der Waals surface area contributed by atoms with Crippen LogP contribution in [-0.4, -0.2) is 0 Å². The maximum Gasteiger partial charge on any atom is 0.123 e. The zero-order valence-electron chi connectivity index (χ0n) is 10.5. The van der Waals surface area contributed by atoms with Crippen LogP contribution in [0.5, 0.6) is 0 Å². The van der Waals surface area contributed by atoms with Gasteiger partial charge in [0, 0.05) is 10.6 Å². The average molecular weight is 276 g/mol. The number of aryl methyl sites for hydroxylation is 1. The quantitative estimate of drug-likeness (QED) is 0.886. The van der Waals surface area contributed by atoms with Crippen molar-refractivity contribution in [2.24, 2.45) is 5.73 Å². The van der Waals surface area contributed by atoms with Gasteiger partial charge in [-0.3, -0.25) is 0 Å². The lowest BCUT2D eigenvalue weighted by atomic mass is 9.86. The molecule has 0 saturated heterocycles. The minimum atomic E-state index is -0.436. The van der Waals surface area contributed by atoms with Gasteiger partial charge >= 0.3 is 0 Å². The molecule has 0 bridgehead atoms. The van der Waals surface area contributed by atoms with Crippen molar-refractivity contribution >= 4 is 11.6 Å². The van der Waals surface area contributed by atoms with Gasteiger partial charge in [-0.1, -0.05) is 35.9 Å². The monoisotopic (exact) mass is 275 g/mol. The summed E-state index contributed by atoms with van der Waals surface area (Å²) in [5.74, 6) is -0.194. The third-order valence-corrected chi connectivity index (χ3v) is 4.28. The summed E-state index contributed by atoms with van der Waals surface area (Å²) in [6, 6.07) is 12.6. The van der Waals surface area contributed by atoms with E-state index in [4.69, 9.17) is 17.3 Å². The Labute approximate surface area is 117 Å². The van der Waals surface area contributed by atoms with Crippen molar-refractivity contribution in [3.63, 3.8) is 0 Å². The summed E-state index contributed by atoms with van der Waals surface area (Å²) in [6.45, 7) is 0. The van der Waals surface area contributed by atoms with Crippen molar-refractivity contribution in [1.82, 2.24) is 0 Å². The predicted molar refractivity (Wildman–Crippen MR) is 75.7 cm³/mol. The minimum Gasteiger partial charge on any atom is -0.321 e. The van der Waals surface area contributed by atoms with Crippen molar-refractivity contribution in [2.75, 3.05) is 0 Å². The van der Waals surface area contributed by atoms with Gasteiger partial charge in [0.15, 0.2) is 0 Å². The van der Waals surface area contributed by atoms with Crippen LogP contribution in [0.25, 0.3) is 0 Å². The van der Waals surface area contributed by atoms with E-state index in [0.29, 0.717) is 6.42 Å². The normalized spacial score (nSPS) is 21.4. The zero-order valence-corrected chi connectivity index (χ0v) is 11.3. The van der Waals surface area contributed by atoms with Crippen molar-refractivity contribution in [2.45, 2.75) is 24.8 Å². The maximum atomic E-state index is 13.2. The second-order valence-corrected chi connectivity index (χ2v) is 5.63. The molecule has 0 aliphatic heterocycles. The van der Waals surface area contributed by atoms with E-state index in [2.05, 4.69) is 0 Å². The highest BCUT2D eigenvalue weighted by Crippen LogP contribution is 2.38. The van der Waals surface area contributed by atoms with E-state index in [9.17, 15) is 4.39 Å². The van der Waals surface area contributed by atoms with Crippen molar-refractivity contribution in [3.8, 4) is 0 Å². The Balaban J connectivity index is 1.97. The molecule has 0 radical (unpaired) electrons. The Morgan fingerprint density at radius 2 is 2.00 bits per heavy atom. The number of halogens is 2. The summed E-state index contributed by atoms with van der Waals surface area (Å²) >= 11 is 6.20. The number of hydrogen-bond acceptors (Lipinski definition) is 1. The molecule has 1 atom stereocenters. The summed E-state index contributed by atoms with van der Waals surface area (Å²) in [7, 11) is 0. The third kappa shape index (κ3) is 2.26. The Morgan fingerprint density at radius 3 is 2.79 bits per heavy atom. The second kappa shape index (κ2) is 4.62. The highest BCUT2D eigenvalue weighted by atomic mass is 35.5. The molecular weight excluding hydrogens is 261 g/mol. The first kappa shape index (κ1) is 12.6. The predicted octanol–water partition coefficient (Wildman–Crippen LogP) is 3.82. The van der Waals surface area contributed by atoms with E-state index < -0.39 is 5.54 Å². The molecule has 0 saturated carbocycles. The van der Waals surface area contributed by atoms with Gasteiger partial charge < -0.3 is 5.73 Å². The minimum absolute atomic E-state index is 0.194. The van der Waals surface area contributed by atoms with E-state index >= 15 is 0 Å².